The molecule has 1 aliphatic heterocycles. The molecule has 1 saturated heterocycles. The molecule has 0 bridgehead atoms. The van der Waals surface area contributed by atoms with Crippen molar-refractivity contribution in [3.05, 3.63) is 18.2 Å². The van der Waals surface area contributed by atoms with E-state index in [1.807, 2.05) is 36.9 Å². The predicted molar refractivity (Wildman–Crippen MR) is 77.0 cm³/mol. The third kappa shape index (κ3) is 3.40. The number of anilines is 1. The number of rotatable bonds is 5. The maximum atomic E-state index is 12.1. The molecule has 2 rings (SSSR count). The molecule has 1 aliphatic rings. The number of carbonyl (C=O) groups is 1. The zero-order valence-corrected chi connectivity index (χ0v) is 12.2. The normalized spacial score (nSPS) is 18.7. The van der Waals surface area contributed by atoms with Gasteiger partial charge in [-0.25, -0.2) is 4.79 Å². The molecule has 0 spiro atoms. The Balaban J connectivity index is 2.18. The van der Waals surface area contributed by atoms with Gasteiger partial charge in [0.05, 0.1) is 13.2 Å². The Hall–Kier alpha value is -1.78. The summed E-state index contributed by atoms with van der Waals surface area (Å²) in [5.74, 6) is 1.22. The summed E-state index contributed by atoms with van der Waals surface area (Å²) in [6, 6.07) is 5.42. The minimum Gasteiger partial charge on any atom is -0.478 e. The smallest absolute Gasteiger partial charge is 0.328 e. The Bertz CT molecular complexity index is 450. The van der Waals surface area contributed by atoms with Crippen molar-refractivity contribution in [2.45, 2.75) is 39.2 Å². The van der Waals surface area contributed by atoms with Crippen molar-refractivity contribution in [1.82, 2.24) is 4.98 Å². The number of nitrogens with zero attached hydrogens (tertiary/aromatic N) is 2. The Morgan fingerprint density at radius 2 is 2.20 bits per heavy atom. The number of ether oxygens (including phenoxy) is 2. The average molecular weight is 278 g/mol. The second kappa shape index (κ2) is 7.12. The first-order chi connectivity index (χ1) is 9.76. The zero-order valence-electron chi connectivity index (χ0n) is 12.2. The Morgan fingerprint density at radius 3 is 2.95 bits per heavy atom. The first-order valence-corrected chi connectivity index (χ1v) is 7.29. The maximum absolute atomic E-state index is 12.1. The van der Waals surface area contributed by atoms with Gasteiger partial charge in [0, 0.05) is 12.6 Å². The molecule has 1 atom stereocenters. The maximum Gasteiger partial charge on any atom is 0.328 e. The number of hydrogen-bond donors (Lipinski definition) is 0. The fourth-order valence-corrected chi connectivity index (χ4v) is 2.48. The largest absolute Gasteiger partial charge is 0.478 e. The highest BCUT2D eigenvalue weighted by Crippen LogP contribution is 2.25. The Labute approximate surface area is 119 Å². The minimum atomic E-state index is -0.229. The molecule has 1 fully saturated rings. The number of pyridine rings is 1. The van der Waals surface area contributed by atoms with Gasteiger partial charge in [0.25, 0.3) is 0 Å². The average Bonchev–Trinajstić information content (AvgIpc) is 2.48. The van der Waals surface area contributed by atoms with Crippen molar-refractivity contribution in [2.75, 3.05) is 24.7 Å². The molecule has 110 valence electrons. The molecule has 1 unspecified atom stereocenters. The van der Waals surface area contributed by atoms with Crippen molar-refractivity contribution < 1.29 is 14.3 Å². The lowest BCUT2D eigenvalue weighted by molar-refractivity contribution is -0.145. The third-order valence-corrected chi connectivity index (χ3v) is 3.36. The highest BCUT2D eigenvalue weighted by molar-refractivity contribution is 5.80. The van der Waals surface area contributed by atoms with Crippen molar-refractivity contribution in [1.29, 1.82) is 0 Å². The lowest BCUT2D eigenvalue weighted by Crippen LogP contribution is -2.46. The molecule has 0 amide bonds. The number of hydrogen-bond acceptors (Lipinski definition) is 5. The lowest BCUT2D eigenvalue weighted by Gasteiger charge is -2.34. The van der Waals surface area contributed by atoms with Crippen LogP contribution in [0.2, 0.25) is 0 Å². The predicted octanol–water partition coefficient (Wildman–Crippen LogP) is 2.40. The van der Waals surface area contributed by atoms with Gasteiger partial charge in [-0.2, -0.15) is 4.98 Å². The standard InChI is InChI=1S/C15H22N2O3/c1-3-19-14-10-7-9-13(16-14)17-11-6-5-8-12(17)15(18)20-4-2/h7,9-10,12H,3-6,8,11H2,1-2H3. The van der Waals surface area contributed by atoms with E-state index >= 15 is 0 Å². The number of piperidine rings is 1. The van der Waals surface area contributed by atoms with E-state index in [4.69, 9.17) is 9.47 Å². The first-order valence-electron chi connectivity index (χ1n) is 7.29. The first kappa shape index (κ1) is 14.6. The van der Waals surface area contributed by atoms with Crippen LogP contribution < -0.4 is 9.64 Å². The van der Waals surface area contributed by atoms with Crippen molar-refractivity contribution in [3.63, 3.8) is 0 Å². The van der Waals surface area contributed by atoms with Gasteiger partial charge in [-0.15, -0.1) is 0 Å². The molecular weight excluding hydrogens is 256 g/mol. The van der Waals surface area contributed by atoms with Crippen LogP contribution in [0.1, 0.15) is 33.1 Å². The summed E-state index contributed by atoms with van der Waals surface area (Å²) in [4.78, 5) is 18.6. The van der Waals surface area contributed by atoms with E-state index in [1.165, 1.54) is 0 Å². The van der Waals surface area contributed by atoms with Crippen LogP contribution in [0.3, 0.4) is 0 Å². The Morgan fingerprint density at radius 1 is 1.35 bits per heavy atom. The fourth-order valence-electron chi connectivity index (χ4n) is 2.48. The molecule has 20 heavy (non-hydrogen) atoms. The van der Waals surface area contributed by atoms with E-state index in [0.717, 1.165) is 31.6 Å². The number of esters is 1. The van der Waals surface area contributed by atoms with Gasteiger partial charge in [0.15, 0.2) is 0 Å². The highest BCUT2D eigenvalue weighted by Gasteiger charge is 2.30. The monoisotopic (exact) mass is 278 g/mol. The van der Waals surface area contributed by atoms with Crippen LogP contribution >= 0.6 is 0 Å². The molecule has 0 N–H and O–H groups in total. The summed E-state index contributed by atoms with van der Waals surface area (Å²) in [5.41, 5.74) is 0. The van der Waals surface area contributed by atoms with Crippen LogP contribution in [0.5, 0.6) is 5.88 Å². The van der Waals surface area contributed by atoms with Crippen molar-refractivity contribution >= 4 is 11.8 Å². The van der Waals surface area contributed by atoms with Crippen LogP contribution in [-0.2, 0) is 9.53 Å². The molecule has 1 aromatic heterocycles. The molecule has 2 heterocycles. The van der Waals surface area contributed by atoms with Gasteiger partial charge in [-0.1, -0.05) is 6.07 Å². The van der Waals surface area contributed by atoms with Crippen LogP contribution in [0, 0.1) is 0 Å². The molecule has 0 radical (unpaired) electrons. The molecule has 0 saturated carbocycles. The van der Waals surface area contributed by atoms with Gasteiger partial charge >= 0.3 is 5.97 Å². The van der Waals surface area contributed by atoms with Gasteiger partial charge in [0.2, 0.25) is 5.88 Å². The molecule has 0 aliphatic carbocycles. The third-order valence-electron chi connectivity index (χ3n) is 3.36. The summed E-state index contributed by atoms with van der Waals surface area (Å²) < 4.78 is 10.6. The van der Waals surface area contributed by atoms with Crippen molar-refractivity contribution in [3.8, 4) is 5.88 Å². The lowest BCUT2D eigenvalue weighted by atomic mass is 10.0. The summed E-state index contributed by atoms with van der Waals surface area (Å²) in [7, 11) is 0. The van der Waals surface area contributed by atoms with E-state index in [0.29, 0.717) is 19.1 Å². The van der Waals surface area contributed by atoms with Gasteiger partial charge in [0.1, 0.15) is 11.9 Å². The van der Waals surface area contributed by atoms with E-state index in [1.54, 1.807) is 0 Å². The van der Waals surface area contributed by atoms with E-state index in [-0.39, 0.29) is 12.0 Å². The van der Waals surface area contributed by atoms with Crippen LogP contribution in [0.4, 0.5) is 5.82 Å². The van der Waals surface area contributed by atoms with Crippen LogP contribution in [0.15, 0.2) is 18.2 Å². The second-order valence-corrected chi connectivity index (χ2v) is 4.72. The van der Waals surface area contributed by atoms with E-state index in [2.05, 4.69) is 4.98 Å². The number of aromatic nitrogens is 1. The summed E-state index contributed by atoms with van der Waals surface area (Å²) >= 11 is 0. The topological polar surface area (TPSA) is 51.7 Å². The van der Waals surface area contributed by atoms with E-state index in [9.17, 15) is 4.79 Å². The van der Waals surface area contributed by atoms with Gasteiger partial charge in [-0.3, -0.25) is 0 Å². The minimum absolute atomic E-state index is 0.157. The van der Waals surface area contributed by atoms with Crippen LogP contribution in [0.25, 0.3) is 0 Å². The molecule has 0 aromatic carbocycles. The second-order valence-electron chi connectivity index (χ2n) is 4.72. The number of carbonyl (C=O) groups excluding carboxylic acids is 1. The quantitative estimate of drug-likeness (QED) is 0.774. The highest BCUT2D eigenvalue weighted by atomic mass is 16.5. The van der Waals surface area contributed by atoms with Gasteiger partial charge in [-0.05, 0) is 39.2 Å². The molecule has 1 aromatic rings. The Kier molecular flexibility index (Phi) is 5.21. The summed E-state index contributed by atoms with van der Waals surface area (Å²) in [5, 5.41) is 0. The summed E-state index contributed by atoms with van der Waals surface area (Å²) in [6.07, 6.45) is 2.93. The molecular formula is C15H22N2O3. The van der Waals surface area contributed by atoms with E-state index < -0.39 is 0 Å². The van der Waals surface area contributed by atoms with Gasteiger partial charge < -0.3 is 14.4 Å². The SMILES string of the molecule is CCOC(=O)C1CCCCN1c1cccc(OCC)n1. The zero-order chi connectivity index (χ0) is 14.4. The fraction of sp³-hybridized carbons (Fsp3) is 0.600. The van der Waals surface area contributed by atoms with Crippen molar-refractivity contribution in [2.24, 2.45) is 0 Å². The summed E-state index contributed by atoms with van der Waals surface area (Å²) in [6.45, 7) is 5.58. The van der Waals surface area contributed by atoms with Crippen LogP contribution in [-0.4, -0.2) is 36.8 Å². The molecule has 5 nitrogen and oxygen atoms in total. The molecule has 5 heteroatoms.